The molecule has 2 aromatic rings. The van der Waals surface area contributed by atoms with Crippen LogP contribution < -0.4 is 0 Å². The molecule has 0 N–H and O–H groups in total. The molecule has 0 bridgehead atoms. The van der Waals surface area contributed by atoms with E-state index in [1.165, 1.54) is 18.5 Å². The van der Waals surface area contributed by atoms with Gasteiger partial charge in [-0.15, -0.1) is 0 Å². The van der Waals surface area contributed by atoms with E-state index in [4.69, 9.17) is 0 Å². The van der Waals surface area contributed by atoms with Crippen molar-refractivity contribution in [3.8, 4) is 0 Å². The second-order valence-electron chi connectivity index (χ2n) is 3.27. The number of aromatic nitrogens is 3. The molecule has 2 aromatic heterocycles. The summed E-state index contributed by atoms with van der Waals surface area (Å²) < 4.78 is 1.84. The van der Waals surface area contributed by atoms with Crippen LogP contribution in [0.2, 0.25) is 0 Å². The second-order valence-corrected chi connectivity index (χ2v) is 3.27. The Labute approximate surface area is 70.0 Å². The molecule has 1 fully saturated rings. The molecule has 60 valence electrons. The molecule has 12 heavy (non-hydrogen) atoms. The fourth-order valence-corrected chi connectivity index (χ4v) is 1.43. The van der Waals surface area contributed by atoms with Crippen molar-refractivity contribution in [1.82, 2.24) is 14.6 Å². The van der Waals surface area contributed by atoms with E-state index < -0.39 is 0 Å². The molecule has 1 aliphatic carbocycles. The van der Waals surface area contributed by atoms with Crippen molar-refractivity contribution >= 4 is 5.65 Å². The van der Waals surface area contributed by atoms with Crippen LogP contribution in [-0.4, -0.2) is 14.6 Å². The highest BCUT2D eigenvalue weighted by atomic mass is 15.2. The summed E-state index contributed by atoms with van der Waals surface area (Å²) in [5.74, 6) is 0.715. The highest BCUT2D eigenvalue weighted by Crippen LogP contribution is 2.39. The smallest absolute Gasteiger partial charge is 0.153 e. The molecule has 1 saturated carbocycles. The molecule has 0 spiro atoms. The quantitative estimate of drug-likeness (QED) is 0.632. The monoisotopic (exact) mass is 159 g/mol. The number of rotatable bonds is 1. The number of fused-ring (bicyclic) bond motifs is 1. The van der Waals surface area contributed by atoms with Crippen molar-refractivity contribution < 1.29 is 0 Å². The van der Waals surface area contributed by atoms with Crippen molar-refractivity contribution in [2.24, 2.45) is 0 Å². The summed E-state index contributed by atoms with van der Waals surface area (Å²) in [4.78, 5) is 4.48. The van der Waals surface area contributed by atoms with E-state index >= 15 is 0 Å². The molecule has 0 amide bonds. The summed E-state index contributed by atoms with van der Waals surface area (Å²) in [6, 6.07) is 3.90. The second kappa shape index (κ2) is 2.06. The standard InChI is InChI=1S/C9H9N3/c1-2-9-11-8(7-3-4-7)6-12(9)10-5-1/h1-2,5-7H,3-4H2. The third kappa shape index (κ3) is 0.826. The largest absolute Gasteiger partial charge is 0.232 e. The van der Waals surface area contributed by atoms with Crippen LogP contribution in [0.1, 0.15) is 24.5 Å². The van der Waals surface area contributed by atoms with Gasteiger partial charge >= 0.3 is 0 Å². The summed E-state index contributed by atoms with van der Waals surface area (Å²) in [5, 5.41) is 4.17. The maximum Gasteiger partial charge on any atom is 0.153 e. The number of imidazole rings is 1. The zero-order valence-corrected chi connectivity index (χ0v) is 6.64. The lowest BCUT2D eigenvalue weighted by Crippen LogP contribution is -1.85. The zero-order chi connectivity index (χ0) is 7.97. The highest BCUT2D eigenvalue weighted by molar-refractivity contribution is 5.38. The molecular formula is C9H9N3. The van der Waals surface area contributed by atoms with Crippen LogP contribution in [-0.2, 0) is 0 Å². The van der Waals surface area contributed by atoms with Crippen molar-refractivity contribution in [2.45, 2.75) is 18.8 Å². The molecule has 1 aliphatic rings. The minimum Gasteiger partial charge on any atom is -0.232 e. The number of nitrogens with zero attached hydrogens (tertiary/aromatic N) is 3. The minimum atomic E-state index is 0.715. The Morgan fingerprint density at radius 1 is 1.42 bits per heavy atom. The van der Waals surface area contributed by atoms with Crippen LogP contribution in [0, 0.1) is 0 Å². The maximum atomic E-state index is 4.48. The normalized spacial score (nSPS) is 17.0. The van der Waals surface area contributed by atoms with Gasteiger partial charge in [0.05, 0.1) is 11.9 Å². The van der Waals surface area contributed by atoms with Gasteiger partial charge in [0.2, 0.25) is 0 Å². The van der Waals surface area contributed by atoms with E-state index in [2.05, 4.69) is 10.1 Å². The maximum absolute atomic E-state index is 4.48. The van der Waals surface area contributed by atoms with Gasteiger partial charge in [0.1, 0.15) is 0 Å². The first kappa shape index (κ1) is 6.17. The van der Waals surface area contributed by atoms with Crippen molar-refractivity contribution in [3.05, 3.63) is 30.2 Å². The summed E-state index contributed by atoms with van der Waals surface area (Å²) in [6.45, 7) is 0. The SMILES string of the molecule is c1cnn2cc(C3CC3)nc2c1. The summed E-state index contributed by atoms with van der Waals surface area (Å²) in [5.41, 5.74) is 2.16. The predicted molar refractivity (Wildman–Crippen MR) is 45.0 cm³/mol. The van der Waals surface area contributed by atoms with E-state index in [-0.39, 0.29) is 0 Å². The Kier molecular flexibility index (Phi) is 1.06. The van der Waals surface area contributed by atoms with Crippen LogP contribution >= 0.6 is 0 Å². The molecule has 0 saturated heterocycles. The van der Waals surface area contributed by atoms with Crippen LogP contribution in [0.5, 0.6) is 0 Å². The van der Waals surface area contributed by atoms with Crippen molar-refractivity contribution in [2.75, 3.05) is 0 Å². The van der Waals surface area contributed by atoms with Crippen LogP contribution in [0.4, 0.5) is 0 Å². The van der Waals surface area contributed by atoms with Crippen LogP contribution in [0.25, 0.3) is 5.65 Å². The third-order valence-corrected chi connectivity index (χ3v) is 2.25. The first-order valence-electron chi connectivity index (χ1n) is 4.24. The Morgan fingerprint density at radius 3 is 3.08 bits per heavy atom. The number of hydrogen-bond donors (Lipinski definition) is 0. The Bertz CT molecular complexity index is 381. The van der Waals surface area contributed by atoms with Gasteiger partial charge in [0.15, 0.2) is 5.65 Å². The van der Waals surface area contributed by atoms with Gasteiger partial charge in [0.25, 0.3) is 0 Å². The van der Waals surface area contributed by atoms with Crippen molar-refractivity contribution in [1.29, 1.82) is 0 Å². The fourth-order valence-electron chi connectivity index (χ4n) is 1.43. The van der Waals surface area contributed by atoms with E-state index in [1.807, 2.05) is 22.8 Å². The lowest BCUT2D eigenvalue weighted by Gasteiger charge is -1.85. The topological polar surface area (TPSA) is 30.2 Å². The lowest BCUT2D eigenvalue weighted by molar-refractivity contribution is 0.930. The molecular weight excluding hydrogens is 150 g/mol. The van der Waals surface area contributed by atoms with E-state index in [0.29, 0.717) is 5.92 Å². The van der Waals surface area contributed by atoms with Crippen molar-refractivity contribution in [3.63, 3.8) is 0 Å². The van der Waals surface area contributed by atoms with E-state index in [0.717, 1.165) is 5.65 Å². The van der Waals surface area contributed by atoms with Gasteiger partial charge in [0, 0.05) is 12.1 Å². The Hall–Kier alpha value is -1.38. The third-order valence-electron chi connectivity index (χ3n) is 2.25. The molecule has 3 rings (SSSR count). The van der Waals surface area contributed by atoms with E-state index in [1.54, 1.807) is 6.20 Å². The fraction of sp³-hybridized carbons (Fsp3) is 0.333. The van der Waals surface area contributed by atoms with Gasteiger partial charge < -0.3 is 0 Å². The Balaban J connectivity index is 2.23. The van der Waals surface area contributed by atoms with Gasteiger partial charge in [-0.2, -0.15) is 5.10 Å². The Morgan fingerprint density at radius 2 is 2.33 bits per heavy atom. The summed E-state index contributed by atoms with van der Waals surface area (Å²) in [6.07, 6.45) is 6.41. The minimum absolute atomic E-state index is 0.715. The lowest BCUT2D eigenvalue weighted by atomic mass is 10.3. The number of hydrogen-bond acceptors (Lipinski definition) is 2. The molecule has 0 aliphatic heterocycles. The van der Waals surface area contributed by atoms with Gasteiger partial charge in [-0.25, -0.2) is 9.50 Å². The highest BCUT2D eigenvalue weighted by Gasteiger charge is 2.26. The van der Waals surface area contributed by atoms with Crippen LogP contribution in [0.3, 0.4) is 0 Å². The zero-order valence-electron chi connectivity index (χ0n) is 6.64. The molecule has 0 radical (unpaired) electrons. The molecule has 0 atom stereocenters. The summed E-state index contributed by atoms with van der Waals surface area (Å²) >= 11 is 0. The van der Waals surface area contributed by atoms with Crippen LogP contribution in [0.15, 0.2) is 24.5 Å². The molecule has 2 heterocycles. The molecule has 3 nitrogen and oxygen atoms in total. The summed E-state index contributed by atoms with van der Waals surface area (Å²) in [7, 11) is 0. The first-order valence-corrected chi connectivity index (χ1v) is 4.24. The van der Waals surface area contributed by atoms with Gasteiger partial charge in [-0.1, -0.05) is 0 Å². The molecule has 0 unspecified atom stereocenters. The van der Waals surface area contributed by atoms with E-state index in [9.17, 15) is 0 Å². The predicted octanol–water partition coefficient (Wildman–Crippen LogP) is 1.61. The van der Waals surface area contributed by atoms with Gasteiger partial charge in [-0.3, -0.25) is 0 Å². The average Bonchev–Trinajstić information content (AvgIpc) is 2.85. The average molecular weight is 159 g/mol. The van der Waals surface area contributed by atoms with Gasteiger partial charge in [-0.05, 0) is 25.0 Å². The molecule has 0 aromatic carbocycles. The first-order chi connectivity index (χ1) is 5.93. The molecule has 3 heteroatoms.